The number of hydrogen-bond donors (Lipinski definition) is 1. The number of aldehydes is 1. The van der Waals surface area contributed by atoms with Crippen LogP contribution in [0, 0.1) is 5.92 Å². The molecule has 3 nitrogen and oxygen atoms in total. The molecule has 1 aliphatic rings. The molecule has 9 heavy (non-hydrogen) atoms. The Bertz CT molecular complexity index is 112. The minimum Gasteiger partial charge on any atom is -0.437 e. The van der Waals surface area contributed by atoms with E-state index in [1.807, 2.05) is 4.81 Å². The third-order valence-corrected chi connectivity index (χ3v) is 1.66. The van der Waals surface area contributed by atoms with Gasteiger partial charge in [0.2, 0.25) is 0 Å². The molecule has 1 fully saturated rings. The van der Waals surface area contributed by atoms with Crippen molar-refractivity contribution in [3.05, 3.63) is 0 Å². The normalized spacial score (nSPS) is 21.1. The highest BCUT2D eigenvalue weighted by molar-refractivity contribution is 6.45. The summed E-state index contributed by atoms with van der Waals surface area (Å²) in [6.45, 7) is 3.16. The topological polar surface area (TPSA) is 40.5 Å². The highest BCUT2D eigenvalue weighted by Gasteiger charge is 2.30. The molecule has 0 aliphatic carbocycles. The molecule has 0 aromatic carbocycles. The van der Waals surface area contributed by atoms with Crippen LogP contribution in [0.25, 0.3) is 0 Å². The van der Waals surface area contributed by atoms with E-state index in [4.69, 9.17) is 5.02 Å². The van der Waals surface area contributed by atoms with Crippen molar-refractivity contribution in [3.63, 3.8) is 0 Å². The van der Waals surface area contributed by atoms with E-state index in [1.165, 1.54) is 0 Å². The lowest BCUT2D eigenvalue weighted by Gasteiger charge is -2.36. The van der Waals surface area contributed by atoms with Gasteiger partial charge in [-0.1, -0.05) is 0 Å². The summed E-state index contributed by atoms with van der Waals surface area (Å²) >= 11 is 0. The first kappa shape index (κ1) is 6.77. The maximum Gasteiger partial charge on any atom is 0.376 e. The Morgan fingerprint density at radius 3 is 2.67 bits per heavy atom. The van der Waals surface area contributed by atoms with E-state index in [9.17, 15) is 4.79 Å². The first-order chi connectivity index (χ1) is 4.24. The van der Waals surface area contributed by atoms with Crippen molar-refractivity contribution in [2.24, 2.45) is 5.92 Å². The summed E-state index contributed by atoms with van der Waals surface area (Å²) in [7, 11) is -0.388. The van der Waals surface area contributed by atoms with Crippen LogP contribution in [0.3, 0.4) is 0 Å². The summed E-state index contributed by atoms with van der Waals surface area (Å²) in [4.78, 5) is 11.9. The van der Waals surface area contributed by atoms with Crippen LogP contribution in [0.5, 0.6) is 0 Å². The molecule has 1 saturated heterocycles. The van der Waals surface area contributed by atoms with Gasteiger partial charge in [-0.2, -0.15) is 0 Å². The van der Waals surface area contributed by atoms with E-state index in [2.05, 4.69) is 0 Å². The second kappa shape index (κ2) is 2.50. The van der Waals surface area contributed by atoms with Crippen molar-refractivity contribution in [3.8, 4) is 0 Å². The van der Waals surface area contributed by atoms with E-state index < -0.39 is 0 Å². The average Bonchev–Trinajstić information content (AvgIpc) is 1.61. The van der Waals surface area contributed by atoms with Gasteiger partial charge in [0, 0.05) is 19.0 Å². The lowest BCUT2D eigenvalue weighted by Crippen LogP contribution is -2.53. The summed E-state index contributed by atoms with van der Waals surface area (Å²) in [6.07, 6.45) is 0.943. The number of rotatable bonds is 2. The van der Waals surface area contributed by atoms with Gasteiger partial charge in [-0.3, -0.25) is 0 Å². The maximum absolute atomic E-state index is 10.0. The molecule has 0 amide bonds. The fourth-order valence-electron chi connectivity index (χ4n) is 0.940. The van der Waals surface area contributed by atoms with Crippen LogP contribution in [0.1, 0.15) is 0 Å². The van der Waals surface area contributed by atoms with E-state index >= 15 is 0 Å². The molecule has 0 unspecified atom stereocenters. The monoisotopic (exact) mass is 127 g/mol. The van der Waals surface area contributed by atoms with Crippen molar-refractivity contribution in [1.29, 1.82) is 0 Å². The van der Waals surface area contributed by atoms with Crippen LogP contribution >= 0.6 is 0 Å². The molecule has 0 atom stereocenters. The molecule has 0 saturated carbocycles. The van der Waals surface area contributed by atoms with Gasteiger partial charge in [-0.25, -0.2) is 0 Å². The SMILES string of the molecule is CB(O)N1CC(C=O)C1. The maximum atomic E-state index is 10.0. The largest absolute Gasteiger partial charge is 0.437 e. The summed E-state index contributed by atoms with van der Waals surface area (Å²) in [5.74, 6) is 0.166. The smallest absolute Gasteiger partial charge is 0.376 e. The molecule has 0 radical (unpaired) electrons. The zero-order valence-electron chi connectivity index (χ0n) is 5.45. The highest BCUT2D eigenvalue weighted by atomic mass is 16.2. The van der Waals surface area contributed by atoms with Gasteiger partial charge in [0.15, 0.2) is 0 Å². The van der Waals surface area contributed by atoms with Crippen LogP contribution in [-0.4, -0.2) is 36.3 Å². The lowest BCUT2D eigenvalue weighted by molar-refractivity contribution is -0.114. The fraction of sp³-hybridized carbons (Fsp3) is 0.800. The van der Waals surface area contributed by atoms with E-state index in [1.54, 1.807) is 6.82 Å². The van der Waals surface area contributed by atoms with Crippen molar-refractivity contribution in [2.45, 2.75) is 6.82 Å². The second-order valence-electron chi connectivity index (χ2n) is 2.48. The quantitative estimate of drug-likeness (QED) is 0.391. The van der Waals surface area contributed by atoms with Crippen LogP contribution in [0.2, 0.25) is 6.82 Å². The number of hydrogen-bond acceptors (Lipinski definition) is 3. The van der Waals surface area contributed by atoms with Crippen molar-refractivity contribution < 1.29 is 9.82 Å². The Balaban J connectivity index is 2.19. The Kier molecular flexibility index (Phi) is 1.88. The van der Waals surface area contributed by atoms with Crippen molar-refractivity contribution in [2.75, 3.05) is 13.1 Å². The molecule has 1 rings (SSSR count). The predicted molar refractivity (Wildman–Crippen MR) is 35.0 cm³/mol. The van der Waals surface area contributed by atoms with E-state index in [0.717, 1.165) is 19.4 Å². The molecular weight excluding hydrogens is 117 g/mol. The standard InChI is InChI=1S/C5H10BNO2/c1-6(9)7-2-5(3-7)4-8/h4-5,9H,2-3H2,1H3. The molecule has 0 aromatic rings. The van der Waals surface area contributed by atoms with Crippen LogP contribution in [-0.2, 0) is 4.79 Å². The summed E-state index contributed by atoms with van der Waals surface area (Å²) < 4.78 is 0. The van der Waals surface area contributed by atoms with E-state index in [0.29, 0.717) is 0 Å². The van der Waals surface area contributed by atoms with Crippen LogP contribution in [0.15, 0.2) is 0 Å². The van der Waals surface area contributed by atoms with Gasteiger partial charge in [0.1, 0.15) is 6.29 Å². The first-order valence-corrected chi connectivity index (χ1v) is 3.11. The lowest BCUT2D eigenvalue weighted by atomic mass is 9.78. The van der Waals surface area contributed by atoms with Gasteiger partial charge in [0.25, 0.3) is 0 Å². The highest BCUT2D eigenvalue weighted by Crippen LogP contribution is 2.12. The van der Waals surface area contributed by atoms with Crippen LogP contribution < -0.4 is 0 Å². The summed E-state index contributed by atoms with van der Waals surface area (Å²) in [5, 5.41) is 8.90. The van der Waals surface area contributed by atoms with Gasteiger partial charge >= 0.3 is 7.05 Å². The van der Waals surface area contributed by atoms with E-state index in [-0.39, 0.29) is 13.0 Å². The van der Waals surface area contributed by atoms with Crippen molar-refractivity contribution >= 4 is 13.3 Å². The zero-order valence-corrected chi connectivity index (χ0v) is 5.45. The Labute approximate surface area is 54.8 Å². The Morgan fingerprint density at radius 2 is 2.33 bits per heavy atom. The van der Waals surface area contributed by atoms with Gasteiger partial charge in [-0.15, -0.1) is 0 Å². The predicted octanol–water partition coefficient (Wildman–Crippen LogP) is -0.773. The molecule has 0 bridgehead atoms. The third-order valence-electron chi connectivity index (χ3n) is 1.66. The Hall–Kier alpha value is -0.345. The first-order valence-electron chi connectivity index (χ1n) is 3.11. The average molecular weight is 127 g/mol. The number of carbonyl (C=O) groups excluding carboxylic acids is 1. The molecular formula is C5H10BNO2. The Morgan fingerprint density at radius 1 is 1.78 bits per heavy atom. The minimum atomic E-state index is -0.388. The van der Waals surface area contributed by atoms with Gasteiger partial charge in [-0.05, 0) is 6.82 Å². The van der Waals surface area contributed by atoms with Crippen molar-refractivity contribution in [1.82, 2.24) is 4.81 Å². The molecule has 4 heteroatoms. The van der Waals surface area contributed by atoms with Gasteiger partial charge in [0.05, 0.1) is 0 Å². The minimum absolute atomic E-state index is 0.166. The number of nitrogens with zero attached hydrogens (tertiary/aromatic N) is 1. The molecule has 0 spiro atoms. The summed E-state index contributed by atoms with van der Waals surface area (Å²) in [5.41, 5.74) is 0. The second-order valence-corrected chi connectivity index (χ2v) is 2.48. The van der Waals surface area contributed by atoms with Crippen LogP contribution in [0.4, 0.5) is 0 Å². The molecule has 1 aliphatic heterocycles. The molecule has 1 N–H and O–H groups in total. The summed E-state index contributed by atoms with van der Waals surface area (Å²) in [6, 6.07) is 0. The fourth-order valence-corrected chi connectivity index (χ4v) is 0.940. The number of carbonyl (C=O) groups is 1. The molecule has 0 aromatic heterocycles. The third kappa shape index (κ3) is 1.31. The van der Waals surface area contributed by atoms with Gasteiger partial charge < -0.3 is 14.6 Å². The molecule has 1 heterocycles. The zero-order chi connectivity index (χ0) is 6.85. The molecule has 50 valence electrons.